The first-order valence-corrected chi connectivity index (χ1v) is 6.95. The molecule has 15 heavy (non-hydrogen) atoms. The molecule has 2 saturated carbocycles. The van der Waals surface area contributed by atoms with Crippen molar-refractivity contribution in [2.75, 3.05) is 0 Å². The Balaban J connectivity index is 0.00000112. The lowest BCUT2D eigenvalue weighted by Crippen LogP contribution is -2.11. The normalized spacial score (nSPS) is 25.6. The summed E-state index contributed by atoms with van der Waals surface area (Å²) in [5, 5.41) is 0. The van der Waals surface area contributed by atoms with Gasteiger partial charge in [0.1, 0.15) is 0 Å². The van der Waals surface area contributed by atoms with Gasteiger partial charge in [-0.1, -0.05) is 70.6 Å². The van der Waals surface area contributed by atoms with E-state index < -0.39 is 0 Å². The maximum Gasteiger partial charge on any atom is -0.0412 e. The van der Waals surface area contributed by atoms with Crippen LogP contribution < -0.4 is 0 Å². The lowest BCUT2D eigenvalue weighted by atomic mass is 9.80. The van der Waals surface area contributed by atoms with Crippen LogP contribution in [0.15, 0.2) is 0 Å². The van der Waals surface area contributed by atoms with Gasteiger partial charge in [0.15, 0.2) is 0 Å². The van der Waals surface area contributed by atoms with Crippen molar-refractivity contribution in [1.29, 1.82) is 0 Å². The van der Waals surface area contributed by atoms with Crippen molar-refractivity contribution in [3.8, 4) is 0 Å². The largest absolute Gasteiger partial charge is 0.412 e. The molecule has 2 N–H and O–H groups in total. The molecule has 1 nitrogen and oxygen atoms in total. The lowest BCUT2D eigenvalue weighted by Gasteiger charge is -2.25. The lowest BCUT2D eigenvalue weighted by molar-refractivity contribution is 0.272. The van der Waals surface area contributed by atoms with E-state index in [-0.39, 0.29) is 5.48 Å². The van der Waals surface area contributed by atoms with Gasteiger partial charge in [-0.05, 0) is 18.3 Å². The zero-order valence-corrected chi connectivity index (χ0v) is 10.1. The molecule has 0 amide bonds. The van der Waals surface area contributed by atoms with E-state index in [0.717, 1.165) is 11.8 Å². The van der Waals surface area contributed by atoms with Gasteiger partial charge in [-0.15, -0.1) is 0 Å². The Kier molecular flexibility index (Phi) is 6.31. The maximum atomic E-state index is 1.58. The van der Waals surface area contributed by atoms with Crippen molar-refractivity contribution < 1.29 is 5.48 Å². The third-order valence-corrected chi connectivity index (χ3v) is 4.37. The summed E-state index contributed by atoms with van der Waals surface area (Å²) in [6.45, 7) is 0. The fourth-order valence-corrected chi connectivity index (χ4v) is 3.49. The van der Waals surface area contributed by atoms with E-state index in [2.05, 4.69) is 0 Å². The molecule has 0 aromatic heterocycles. The molecule has 0 radical (unpaired) electrons. The molecule has 2 aliphatic rings. The van der Waals surface area contributed by atoms with E-state index in [1.165, 1.54) is 44.9 Å². The van der Waals surface area contributed by atoms with Crippen LogP contribution in [0.25, 0.3) is 0 Å². The second-order valence-electron chi connectivity index (χ2n) is 5.60. The first kappa shape index (κ1) is 13.0. The fourth-order valence-electron chi connectivity index (χ4n) is 3.49. The Morgan fingerprint density at radius 2 is 0.867 bits per heavy atom. The van der Waals surface area contributed by atoms with Crippen molar-refractivity contribution in [1.82, 2.24) is 0 Å². The highest BCUT2D eigenvalue weighted by Gasteiger charge is 2.19. The van der Waals surface area contributed by atoms with Gasteiger partial charge < -0.3 is 5.48 Å². The first-order chi connectivity index (χ1) is 6.95. The van der Waals surface area contributed by atoms with Gasteiger partial charge in [-0.2, -0.15) is 0 Å². The molecule has 0 spiro atoms. The van der Waals surface area contributed by atoms with Crippen LogP contribution >= 0.6 is 0 Å². The van der Waals surface area contributed by atoms with Gasteiger partial charge in [0.05, 0.1) is 0 Å². The molecule has 0 unspecified atom stereocenters. The van der Waals surface area contributed by atoms with Gasteiger partial charge in [-0.25, -0.2) is 0 Å². The van der Waals surface area contributed by atoms with Gasteiger partial charge in [-0.3, -0.25) is 0 Å². The molecule has 2 aliphatic carbocycles. The van der Waals surface area contributed by atoms with E-state index in [4.69, 9.17) is 0 Å². The SMILES string of the molecule is C1CCCC(CC2CCCCC2)CC1.O. The van der Waals surface area contributed by atoms with Crippen molar-refractivity contribution >= 4 is 0 Å². The highest BCUT2D eigenvalue weighted by atomic mass is 16.0. The third-order valence-electron chi connectivity index (χ3n) is 4.37. The molecule has 0 bridgehead atoms. The topological polar surface area (TPSA) is 31.5 Å². The van der Waals surface area contributed by atoms with Crippen molar-refractivity contribution in [2.45, 2.75) is 77.0 Å². The number of rotatable bonds is 2. The van der Waals surface area contributed by atoms with Gasteiger partial charge in [0.25, 0.3) is 0 Å². The van der Waals surface area contributed by atoms with Crippen LogP contribution in [0, 0.1) is 11.8 Å². The Morgan fingerprint density at radius 3 is 1.27 bits per heavy atom. The van der Waals surface area contributed by atoms with Gasteiger partial charge in [0.2, 0.25) is 0 Å². The summed E-state index contributed by atoms with van der Waals surface area (Å²) in [5.74, 6) is 2.23. The Hall–Kier alpha value is -0.0400. The van der Waals surface area contributed by atoms with Crippen molar-refractivity contribution in [2.24, 2.45) is 11.8 Å². The van der Waals surface area contributed by atoms with Crippen LogP contribution in [0.2, 0.25) is 0 Å². The van der Waals surface area contributed by atoms with Crippen LogP contribution in [-0.2, 0) is 0 Å². The second-order valence-corrected chi connectivity index (χ2v) is 5.60. The van der Waals surface area contributed by atoms with Crippen LogP contribution in [0.4, 0.5) is 0 Å². The molecule has 0 saturated heterocycles. The molecule has 0 heterocycles. The average molecular weight is 212 g/mol. The second kappa shape index (κ2) is 7.27. The van der Waals surface area contributed by atoms with Crippen LogP contribution in [0.5, 0.6) is 0 Å². The summed E-state index contributed by atoms with van der Waals surface area (Å²) < 4.78 is 0. The molecule has 0 aromatic rings. The molecule has 0 aromatic carbocycles. The summed E-state index contributed by atoms with van der Waals surface area (Å²) >= 11 is 0. The summed E-state index contributed by atoms with van der Waals surface area (Å²) in [5.41, 5.74) is 0. The standard InChI is InChI=1S/C14H26.H2O/c1-2-5-9-13(8-4-1)12-14-10-6-3-7-11-14;/h13-14H,1-12H2;1H2. The molecule has 90 valence electrons. The Morgan fingerprint density at radius 1 is 0.533 bits per heavy atom. The highest BCUT2D eigenvalue weighted by molar-refractivity contribution is 4.72. The molecule has 2 fully saturated rings. The van der Waals surface area contributed by atoms with E-state index in [0.29, 0.717) is 0 Å². The van der Waals surface area contributed by atoms with Crippen LogP contribution in [0.3, 0.4) is 0 Å². The summed E-state index contributed by atoms with van der Waals surface area (Å²) in [6, 6.07) is 0. The minimum Gasteiger partial charge on any atom is -0.412 e. The van der Waals surface area contributed by atoms with E-state index in [1.807, 2.05) is 0 Å². The monoisotopic (exact) mass is 212 g/mol. The van der Waals surface area contributed by atoms with Crippen LogP contribution in [-0.4, -0.2) is 5.48 Å². The van der Waals surface area contributed by atoms with Crippen LogP contribution in [0.1, 0.15) is 77.0 Å². The molecule has 0 aliphatic heterocycles. The molecular weight excluding hydrogens is 184 g/mol. The van der Waals surface area contributed by atoms with Crippen molar-refractivity contribution in [3.05, 3.63) is 0 Å². The van der Waals surface area contributed by atoms with Crippen molar-refractivity contribution in [3.63, 3.8) is 0 Å². The molecule has 0 atom stereocenters. The average Bonchev–Trinajstić information content (AvgIpc) is 2.48. The molecule has 1 heteroatoms. The smallest absolute Gasteiger partial charge is 0.0412 e. The summed E-state index contributed by atoms with van der Waals surface area (Å²) in [6.07, 6.45) is 18.4. The Bertz CT molecular complexity index is 141. The van der Waals surface area contributed by atoms with E-state index in [9.17, 15) is 0 Å². The predicted molar refractivity (Wildman–Crippen MR) is 66.0 cm³/mol. The van der Waals surface area contributed by atoms with Gasteiger partial charge in [0, 0.05) is 0 Å². The number of hydrogen-bond donors (Lipinski definition) is 0. The van der Waals surface area contributed by atoms with E-state index in [1.54, 1.807) is 32.1 Å². The fraction of sp³-hybridized carbons (Fsp3) is 1.00. The van der Waals surface area contributed by atoms with Gasteiger partial charge >= 0.3 is 0 Å². The Labute approximate surface area is 95.0 Å². The molecule has 2 rings (SSSR count). The van der Waals surface area contributed by atoms with E-state index >= 15 is 0 Å². The minimum absolute atomic E-state index is 0. The number of hydrogen-bond acceptors (Lipinski definition) is 0. The zero-order chi connectivity index (χ0) is 9.64. The summed E-state index contributed by atoms with van der Waals surface area (Å²) in [7, 11) is 0. The minimum atomic E-state index is 0. The highest BCUT2D eigenvalue weighted by Crippen LogP contribution is 2.34. The quantitative estimate of drug-likeness (QED) is 0.617. The maximum absolute atomic E-state index is 1.58. The molecular formula is C14H28O. The first-order valence-electron chi connectivity index (χ1n) is 6.95. The third kappa shape index (κ3) is 4.55. The zero-order valence-electron chi connectivity index (χ0n) is 10.1. The summed E-state index contributed by atoms with van der Waals surface area (Å²) in [4.78, 5) is 0. The predicted octanol–water partition coefficient (Wildman–Crippen LogP) is 4.10.